The van der Waals surface area contributed by atoms with E-state index < -0.39 is 0 Å². The lowest BCUT2D eigenvalue weighted by molar-refractivity contribution is -0.119. The highest BCUT2D eigenvalue weighted by atomic mass is 16.2. The third kappa shape index (κ3) is 9.85. The number of hydrogen-bond donors (Lipinski definition) is 3. The van der Waals surface area contributed by atoms with Gasteiger partial charge in [-0.2, -0.15) is 0 Å². The molecule has 0 saturated heterocycles. The molecule has 0 rings (SSSR count). The lowest BCUT2D eigenvalue weighted by Gasteiger charge is -2.24. The second-order valence-electron chi connectivity index (χ2n) is 6.63. The molecule has 0 heterocycles. The van der Waals surface area contributed by atoms with Crippen LogP contribution in [0, 0.1) is 5.41 Å². The second kappa shape index (κ2) is 8.62. The Bertz CT molecular complexity index is 408. The van der Waals surface area contributed by atoms with Gasteiger partial charge in [0.2, 0.25) is 11.8 Å². The van der Waals surface area contributed by atoms with Gasteiger partial charge < -0.3 is 16.0 Å². The molecule has 0 aromatic rings. The van der Waals surface area contributed by atoms with Crippen LogP contribution < -0.4 is 16.0 Å². The predicted molar refractivity (Wildman–Crippen MR) is 86.9 cm³/mol. The highest BCUT2D eigenvalue weighted by molar-refractivity contribution is 5.93. The molecule has 1 atom stereocenters. The van der Waals surface area contributed by atoms with E-state index in [-0.39, 0.29) is 23.3 Å². The molecule has 0 saturated carbocycles. The summed E-state index contributed by atoms with van der Waals surface area (Å²) in [5.41, 5.74) is 1.05. The van der Waals surface area contributed by atoms with E-state index in [0.29, 0.717) is 24.2 Å². The standard InChI is InChI=1S/C16H29N3O2/c1-11(2)14(20)18-9-13(19-15(21)12(3)4)8-17-10-16(5,6)7/h13,17H,1,3,8-10H2,2,4-7H3,(H,18,20)(H,19,21). The summed E-state index contributed by atoms with van der Waals surface area (Å²) in [5, 5.41) is 8.91. The molecular formula is C16H29N3O2. The van der Waals surface area contributed by atoms with Gasteiger partial charge in [0.1, 0.15) is 0 Å². The topological polar surface area (TPSA) is 70.2 Å². The fraction of sp³-hybridized carbons (Fsp3) is 0.625. The van der Waals surface area contributed by atoms with Crippen molar-refractivity contribution in [1.82, 2.24) is 16.0 Å². The fourth-order valence-corrected chi connectivity index (χ4v) is 1.47. The normalized spacial score (nSPS) is 12.4. The molecule has 0 aliphatic carbocycles. The Kier molecular flexibility index (Phi) is 7.95. The van der Waals surface area contributed by atoms with Crippen LogP contribution in [0.15, 0.2) is 24.3 Å². The van der Waals surface area contributed by atoms with E-state index in [9.17, 15) is 9.59 Å². The lowest BCUT2D eigenvalue weighted by atomic mass is 9.97. The summed E-state index contributed by atoms with van der Waals surface area (Å²) in [7, 11) is 0. The fourth-order valence-electron chi connectivity index (χ4n) is 1.47. The average molecular weight is 295 g/mol. The third-order valence-corrected chi connectivity index (χ3v) is 2.67. The minimum absolute atomic E-state index is 0.157. The molecule has 2 amide bonds. The van der Waals surface area contributed by atoms with Crippen molar-refractivity contribution in [3.05, 3.63) is 24.3 Å². The van der Waals surface area contributed by atoms with Crippen LogP contribution >= 0.6 is 0 Å². The Morgan fingerprint density at radius 3 is 1.95 bits per heavy atom. The first kappa shape index (κ1) is 19.4. The first-order chi connectivity index (χ1) is 9.53. The first-order valence-corrected chi connectivity index (χ1v) is 7.13. The monoisotopic (exact) mass is 295 g/mol. The lowest BCUT2D eigenvalue weighted by Crippen LogP contribution is -2.50. The maximum atomic E-state index is 11.7. The van der Waals surface area contributed by atoms with Gasteiger partial charge in [-0.05, 0) is 19.3 Å². The maximum absolute atomic E-state index is 11.7. The number of nitrogens with one attached hydrogen (secondary N) is 3. The zero-order valence-corrected chi connectivity index (χ0v) is 13.9. The summed E-state index contributed by atoms with van der Waals surface area (Å²) in [6, 6.07) is -0.195. The van der Waals surface area contributed by atoms with Crippen LogP contribution in [0.3, 0.4) is 0 Å². The summed E-state index contributed by atoms with van der Waals surface area (Å²) in [5.74, 6) is -0.414. The minimum atomic E-state index is -0.208. The van der Waals surface area contributed by atoms with E-state index in [1.54, 1.807) is 13.8 Å². The largest absolute Gasteiger partial charge is 0.350 e. The van der Waals surface area contributed by atoms with E-state index >= 15 is 0 Å². The Labute approximate surface area is 128 Å². The van der Waals surface area contributed by atoms with Crippen molar-refractivity contribution in [2.24, 2.45) is 5.41 Å². The molecule has 0 aliphatic heterocycles. The first-order valence-electron chi connectivity index (χ1n) is 7.13. The zero-order chi connectivity index (χ0) is 16.6. The Morgan fingerprint density at radius 1 is 1.00 bits per heavy atom. The van der Waals surface area contributed by atoms with Crippen molar-refractivity contribution < 1.29 is 9.59 Å². The molecule has 3 N–H and O–H groups in total. The minimum Gasteiger partial charge on any atom is -0.350 e. The van der Waals surface area contributed by atoms with Gasteiger partial charge in [-0.3, -0.25) is 9.59 Å². The van der Waals surface area contributed by atoms with Crippen LogP contribution in [0.1, 0.15) is 34.6 Å². The summed E-state index contributed by atoms with van der Waals surface area (Å²) in [6.45, 7) is 18.6. The number of amides is 2. The molecule has 0 aliphatic rings. The molecule has 0 fully saturated rings. The van der Waals surface area contributed by atoms with Gasteiger partial charge in [-0.25, -0.2) is 0 Å². The van der Waals surface area contributed by atoms with Crippen molar-refractivity contribution in [3.8, 4) is 0 Å². The van der Waals surface area contributed by atoms with Gasteiger partial charge in [-0.1, -0.05) is 33.9 Å². The molecule has 0 radical (unpaired) electrons. The summed E-state index contributed by atoms with van der Waals surface area (Å²) < 4.78 is 0. The molecule has 120 valence electrons. The Morgan fingerprint density at radius 2 is 1.52 bits per heavy atom. The van der Waals surface area contributed by atoms with E-state index in [0.717, 1.165) is 6.54 Å². The van der Waals surface area contributed by atoms with E-state index in [2.05, 4.69) is 49.9 Å². The zero-order valence-electron chi connectivity index (χ0n) is 13.9. The molecule has 1 unspecified atom stereocenters. The van der Waals surface area contributed by atoms with Crippen LogP contribution in [0.4, 0.5) is 0 Å². The predicted octanol–water partition coefficient (Wildman–Crippen LogP) is 1.38. The SMILES string of the molecule is C=C(C)C(=O)NCC(CNCC(C)(C)C)NC(=O)C(=C)C. The van der Waals surface area contributed by atoms with Gasteiger partial charge in [0.05, 0.1) is 6.04 Å². The number of rotatable bonds is 8. The molecule has 21 heavy (non-hydrogen) atoms. The highest BCUT2D eigenvalue weighted by Crippen LogP contribution is 2.09. The molecule has 0 bridgehead atoms. The second-order valence-corrected chi connectivity index (χ2v) is 6.63. The van der Waals surface area contributed by atoms with Crippen LogP contribution in [-0.2, 0) is 9.59 Å². The van der Waals surface area contributed by atoms with Crippen molar-refractivity contribution in [3.63, 3.8) is 0 Å². The van der Waals surface area contributed by atoms with Crippen molar-refractivity contribution >= 4 is 11.8 Å². The van der Waals surface area contributed by atoms with Crippen LogP contribution in [0.25, 0.3) is 0 Å². The van der Waals surface area contributed by atoms with Crippen LogP contribution in [-0.4, -0.2) is 37.5 Å². The van der Waals surface area contributed by atoms with Crippen molar-refractivity contribution in [1.29, 1.82) is 0 Å². The van der Waals surface area contributed by atoms with E-state index in [1.165, 1.54) is 0 Å². The third-order valence-electron chi connectivity index (χ3n) is 2.67. The molecule has 5 nitrogen and oxygen atoms in total. The van der Waals surface area contributed by atoms with Crippen molar-refractivity contribution in [2.45, 2.75) is 40.7 Å². The smallest absolute Gasteiger partial charge is 0.246 e. The molecular weight excluding hydrogens is 266 g/mol. The Balaban J connectivity index is 4.47. The summed E-state index contributed by atoms with van der Waals surface area (Å²) in [4.78, 5) is 23.3. The van der Waals surface area contributed by atoms with Crippen molar-refractivity contribution in [2.75, 3.05) is 19.6 Å². The summed E-state index contributed by atoms with van der Waals surface area (Å²) in [6.07, 6.45) is 0. The molecule has 0 aromatic heterocycles. The number of hydrogen-bond acceptors (Lipinski definition) is 3. The average Bonchev–Trinajstić information content (AvgIpc) is 2.33. The van der Waals surface area contributed by atoms with Gasteiger partial charge >= 0.3 is 0 Å². The quantitative estimate of drug-likeness (QED) is 0.592. The molecule has 5 heteroatoms. The van der Waals surface area contributed by atoms with Gasteiger partial charge in [0.15, 0.2) is 0 Å². The summed E-state index contributed by atoms with van der Waals surface area (Å²) >= 11 is 0. The molecule has 0 aromatic carbocycles. The van der Waals surface area contributed by atoms with Crippen LogP contribution in [0.5, 0.6) is 0 Å². The van der Waals surface area contributed by atoms with Gasteiger partial charge in [0, 0.05) is 30.8 Å². The van der Waals surface area contributed by atoms with Gasteiger partial charge in [-0.15, -0.1) is 0 Å². The maximum Gasteiger partial charge on any atom is 0.246 e. The molecule has 0 spiro atoms. The van der Waals surface area contributed by atoms with Gasteiger partial charge in [0.25, 0.3) is 0 Å². The van der Waals surface area contributed by atoms with E-state index in [1.807, 2.05) is 0 Å². The van der Waals surface area contributed by atoms with Crippen LogP contribution in [0.2, 0.25) is 0 Å². The number of carbonyl (C=O) groups excluding carboxylic acids is 2. The van der Waals surface area contributed by atoms with E-state index in [4.69, 9.17) is 0 Å². The highest BCUT2D eigenvalue weighted by Gasteiger charge is 2.16. The Hall–Kier alpha value is -1.62. The number of carbonyl (C=O) groups is 2.